The first-order valence-corrected chi connectivity index (χ1v) is 6.79. The summed E-state index contributed by atoms with van der Waals surface area (Å²) in [6, 6.07) is 10.2. The first kappa shape index (κ1) is 11.7. The van der Waals surface area contributed by atoms with E-state index < -0.39 is 5.60 Å². The molecule has 0 amide bonds. The lowest BCUT2D eigenvalue weighted by Crippen LogP contribution is -2.43. The summed E-state index contributed by atoms with van der Waals surface area (Å²) in [4.78, 5) is 12.0. The van der Waals surface area contributed by atoms with Gasteiger partial charge in [0.15, 0.2) is 0 Å². The quantitative estimate of drug-likeness (QED) is 0.830. The van der Waals surface area contributed by atoms with Crippen LogP contribution in [0.5, 0.6) is 0 Å². The number of benzene rings is 1. The molecular weight excluding hydrogens is 226 g/mol. The molecule has 0 bridgehead atoms. The third kappa shape index (κ3) is 2.27. The Morgan fingerprint density at radius 3 is 2.44 bits per heavy atom. The van der Waals surface area contributed by atoms with E-state index >= 15 is 0 Å². The molecule has 3 heteroatoms. The van der Waals surface area contributed by atoms with Gasteiger partial charge in [0.25, 0.3) is 0 Å². The fourth-order valence-corrected chi connectivity index (χ4v) is 2.62. The lowest BCUT2D eigenvalue weighted by Gasteiger charge is -2.37. The van der Waals surface area contributed by atoms with Gasteiger partial charge in [-0.1, -0.05) is 30.3 Å². The van der Waals surface area contributed by atoms with Gasteiger partial charge in [0.05, 0.1) is 5.92 Å². The Labute approximate surface area is 108 Å². The van der Waals surface area contributed by atoms with E-state index in [0.717, 1.165) is 44.3 Å². The molecule has 1 heterocycles. The van der Waals surface area contributed by atoms with E-state index in [1.165, 1.54) is 0 Å². The number of ether oxygens (including phenoxy) is 1. The van der Waals surface area contributed by atoms with Gasteiger partial charge < -0.3 is 10.1 Å². The number of rotatable bonds is 3. The van der Waals surface area contributed by atoms with Gasteiger partial charge in [0.2, 0.25) is 0 Å². The third-order valence-corrected chi connectivity index (χ3v) is 3.92. The molecule has 18 heavy (non-hydrogen) atoms. The number of nitrogens with one attached hydrogen (secondary N) is 1. The minimum atomic E-state index is -0.397. The molecule has 0 atom stereocenters. The maximum Gasteiger partial charge on any atom is 0.309 e. The Kier molecular flexibility index (Phi) is 3.08. The van der Waals surface area contributed by atoms with Crippen molar-refractivity contribution in [1.29, 1.82) is 0 Å². The van der Waals surface area contributed by atoms with Gasteiger partial charge in [-0.15, -0.1) is 0 Å². The van der Waals surface area contributed by atoms with E-state index in [-0.39, 0.29) is 11.9 Å². The molecule has 1 aliphatic heterocycles. The van der Waals surface area contributed by atoms with Crippen molar-refractivity contribution in [3.63, 3.8) is 0 Å². The summed E-state index contributed by atoms with van der Waals surface area (Å²) >= 11 is 0. The summed E-state index contributed by atoms with van der Waals surface area (Å²) in [5.74, 6) is 0.168. The van der Waals surface area contributed by atoms with Gasteiger partial charge in [-0.3, -0.25) is 4.79 Å². The topological polar surface area (TPSA) is 38.3 Å². The molecule has 0 spiro atoms. The summed E-state index contributed by atoms with van der Waals surface area (Å²) in [5, 5.41) is 3.34. The first-order chi connectivity index (χ1) is 8.80. The molecule has 96 valence electrons. The van der Waals surface area contributed by atoms with E-state index in [0.29, 0.717) is 0 Å². The third-order valence-electron chi connectivity index (χ3n) is 3.92. The van der Waals surface area contributed by atoms with Crippen LogP contribution in [-0.4, -0.2) is 19.1 Å². The molecule has 0 radical (unpaired) electrons. The predicted octanol–water partition coefficient (Wildman–Crippen LogP) is 2.22. The molecule has 2 fully saturated rings. The molecule has 3 nitrogen and oxygen atoms in total. The Morgan fingerprint density at radius 2 is 1.83 bits per heavy atom. The van der Waals surface area contributed by atoms with Gasteiger partial charge in [0.1, 0.15) is 5.60 Å². The van der Waals surface area contributed by atoms with Crippen LogP contribution in [0.1, 0.15) is 31.2 Å². The summed E-state index contributed by atoms with van der Waals surface area (Å²) < 4.78 is 5.91. The van der Waals surface area contributed by atoms with Crippen LogP contribution in [0.25, 0.3) is 0 Å². The van der Waals surface area contributed by atoms with E-state index in [9.17, 15) is 4.79 Å². The molecule has 1 aliphatic carbocycles. The second-order valence-electron chi connectivity index (χ2n) is 5.31. The van der Waals surface area contributed by atoms with Gasteiger partial charge >= 0.3 is 5.97 Å². The van der Waals surface area contributed by atoms with Crippen LogP contribution < -0.4 is 5.32 Å². The maximum atomic E-state index is 12.0. The van der Waals surface area contributed by atoms with Crippen molar-refractivity contribution in [2.75, 3.05) is 13.1 Å². The van der Waals surface area contributed by atoms with Crippen LogP contribution in [0.4, 0.5) is 0 Å². The zero-order valence-corrected chi connectivity index (χ0v) is 10.5. The largest absolute Gasteiger partial charge is 0.454 e. The SMILES string of the molecule is O=C(OC1(c2ccccc2)CCNCC1)C1CC1. The average Bonchev–Trinajstić information content (AvgIpc) is 3.25. The highest BCUT2D eigenvalue weighted by molar-refractivity contribution is 5.75. The smallest absolute Gasteiger partial charge is 0.309 e. The number of hydrogen-bond donors (Lipinski definition) is 1. The molecule has 2 aliphatic rings. The molecule has 0 unspecified atom stereocenters. The highest BCUT2D eigenvalue weighted by Crippen LogP contribution is 2.39. The van der Waals surface area contributed by atoms with Crippen molar-refractivity contribution in [3.8, 4) is 0 Å². The van der Waals surface area contributed by atoms with E-state index in [1.54, 1.807) is 0 Å². The summed E-state index contributed by atoms with van der Waals surface area (Å²) in [5.41, 5.74) is 0.743. The van der Waals surface area contributed by atoms with Crippen LogP contribution >= 0.6 is 0 Å². The van der Waals surface area contributed by atoms with Gasteiger partial charge in [-0.2, -0.15) is 0 Å². The van der Waals surface area contributed by atoms with Gasteiger partial charge in [-0.05, 0) is 31.5 Å². The lowest BCUT2D eigenvalue weighted by atomic mass is 9.84. The monoisotopic (exact) mass is 245 g/mol. The standard InChI is InChI=1S/C15H19NO2/c17-14(12-6-7-12)18-15(8-10-16-11-9-15)13-4-2-1-3-5-13/h1-5,12,16H,6-11H2. The number of piperidine rings is 1. The molecule has 1 aromatic carbocycles. The Bertz CT molecular complexity index is 419. The highest BCUT2D eigenvalue weighted by atomic mass is 16.6. The minimum absolute atomic E-state index is 0.000697. The Hall–Kier alpha value is -1.35. The lowest BCUT2D eigenvalue weighted by molar-refractivity contribution is -0.166. The van der Waals surface area contributed by atoms with Crippen LogP contribution in [0.3, 0.4) is 0 Å². The molecular formula is C15H19NO2. The predicted molar refractivity (Wildman–Crippen MR) is 69.0 cm³/mol. The Balaban J connectivity index is 1.85. The van der Waals surface area contributed by atoms with Crippen molar-refractivity contribution < 1.29 is 9.53 Å². The van der Waals surface area contributed by atoms with Crippen LogP contribution in [0.15, 0.2) is 30.3 Å². The van der Waals surface area contributed by atoms with Gasteiger partial charge in [-0.25, -0.2) is 0 Å². The van der Waals surface area contributed by atoms with Crippen molar-refractivity contribution in [1.82, 2.24) is 5.32 Å². The number of carbonyl (C=O) groups excluding carboxylic acids is 1. The fourth-order valence-electron chi connectivity index (χ4n) is 2.62. The van der Waals surface area contributed by atoms with Crippen molar-refractivity contribution in [2.24, 2.45) is 5.92 Å². The van der Waals surface area contributed by atoms with Crippen LogP contribution in [-0.2, 0) is 15.1 Å². The van der Waals surface area contributed by atoms with Crippen molar-refractivity contribution in [2.45, 2.75) is 31.3 Å². The summed E-state index contributed by atoms with van der Waals surface area (Å²) in [6.07, 6.45) is 3.74. The normalized spacial score (nSPS) is 22.4. The highest BCUT2D eigenvalue weighted by Gasteiger charge is 2.41. The Morgan fingerprint density at radius 1 is 1.17 bits per heavy atom. The first-order valence-electron chi connectivity index (χ1n) is 6.79. The molecule has 0 aromatic heterocycles. The number of carbonyl (C=O) groups is 1. The second-order valence-corrected chi connectivity index (χ2v) is 5.31. The molecule has 1 saturated heterocycles. The average molecular weight is 245 g/mol. The maximum absolute atomic E-state index is 12.0. The fraction of sp³-hybridized carbons (Fsp3) is 0.533. The zero-order chi connectivity index (χ0) is 12.4. The van der Waals surface area contributed by atoms with E-state index in [2.05, 4.69) is 17.4 Å². The van der Waals surface area contributed by atoms with Crippen molar-refractivity contribution in [3.05, 3.63) is 35.9 Å². The van der Waals surface area contributed by atoms with Crippen LogP contribution in [0, 0.1) is 5.92 Å². The summed E-state index contributed by atoms with van der Waals surface area (Å²) in [6.45, 7) is 1.82. The van der Waals surface area contributed by atoms with Crippen molar-refractivity contribution >= 4 is 5.97 Å². The molecule has 3 rings (SSSR count). The zero-order valence-electron chi connectivity index (χ0n) is 10.5. The number of esters is 1. The summed E-state index contributed by atoms with van der Waals surface area (Å²) in [7, 11) is 0. The second kappa shape index (κ2) is 4.73. The minimum Gasteiger partial charge on any atom is -0.454 e. The van der Waals surface area contributed by atoms with E-state index in [4.69, 9.17) is 4.74 Å². The molecule has 1 saturated carbocycles. The molecule has 1 N–H and O–H groups in total. The molecule has 1 aromatic rings. The van der Waals surface area contributed by atoms with Crippen LogP contribution in [0.2, 0.25) is 0 Å². The van der Waals surface area contributed by atoms with Gasteiger partial charge in [0, 0.05) is 12.8 Å². The van der Waals surface area contributed by atoms with E-state index in [1.807, 2.05) is 18.2 Å². The number of hydrogen-bond acceptors (Lipinski definition) is 3.